The van der Waals surface area contributed by atoms with Gasteiger partial charge in [0.25, 0.3) is 5.91 Å². The van der Waals surface area contributed by atoms with Crippen LogP contribution in [0.25, 0.3) is 10.2 Å². The molecule has 29 heavy (non-hydrogen) atoms. The minimum absolute atomic E-state index is 0.0325. The van der Waals surface area contributed by atoms with Gasteiger partial charge in [-0.2, -0.15) is 0 Å². The van der Waals surface area contributed by atoms with Crippen LogP contribution in [-0.4, -0.2) is 37.1 Å². The Bertz CT molecular complexity index is 983. The fourth-order valence-electron chi connectivity index (χ4n) is 3.81. The number of quaternary nitrogens is 1. The lowest BCUT2D eigenvalue weighted by Crippen LogP contribution is -3.11. The highest BCUT2D eigenvalue weighted by atomic mass is 32.1. The van der Waals surface area contributed by atoms with Crippen molar-refractivity contribution in [3.8, 4) is 0 Å². The Balaban J connectivity index is 1.34. The second-order valence-electron chi connectivity index (χ2n) is 7.26. The number of amides is 1. The van der Waals surface area contributed by atoms with Gasteiger partial charge in [-0.1, -0.05) is 24.3 Å². The van der Waals surface area contributed by atoms with Gasteiger partial charge in [-0.3, -0.25) is 4.79 Å². The van der Waals surface area contributed by atoms with Crippen LogP contribution >= 0.6 is 11.3 Å². The molecule has 2 N–H and O–H groups in total. The maximum atomic E-state index is 12.5. The van der Waals surface area contributed by atoms with Gasteiger partial charge in [-0.15, -0.1) is 11.3 Å². The first-order valence-electron chi connectivity index (χ1n) is 9.78. The summed E-state index contributed by atoms with van der Waals surface area (Å²) < 4.78 is 5.90. The van der Waals surface area contributed by atoms with Crippen molar-refractivity contribution < 1.29 is 19.2 Å². The number of para-hydroxylation sites is 1. The highest BCUT2D eigenvalue weighted by molar-refractivity contribution is 7.18. The predicted molar refractivity (Wildman–Crippen MR) is 112 cm³/mol. The Labute approximate surface area is 173 Å². The van der Waals surface area contributed by atoms with Gasteiger partial charge in [0.05, 0.1) is 29.4 Å². The van der Waals surface area contributed by atoms with E-state index in [4.69, 9.17) is 9.72 Å². The number of aromatic nitrogens is 1. The van der Waals surface area contributed by atoms with Gasteiger partial charge >= 0.3 is 5.97 Å². The number of ether oxygens (including phenoxy) is 1. The number of likely N-dealkylation sites (tertiary alicyclic amines) is 1. The number of carbonyl (C=O) groups excluding carboxylic acids is 2. The number of hydrogen-bond acceptors (Lipinski definition) is 5. The van der Waals surface area contributed by atoms with E-state index in [9.17, 15) is 9.59 Å². The number of nitrogens with one attached hydrogen (secondary N) is 2. The molecule has 0 radical (unpaired) electrons. The molecule has 1 aliphatic rings. The van der Waals surface area contributed by atoms with Gasteiger partial charge < -0.3 is 15.0 Å². The maximum absolute atomic E-state index is 12.5. The van der Waals surface area contributed by atoms with E-state index in [1.165, 1.54) is 16.7 Å². The number of nitrogens with zero attached hydrogens (tertiary/aromatic N) is 1. The second kappa shape index (κ2) is 8.71. The Morgan fingerprint density at radius 3 is 2.76 bits per heavy atom. The largest absolute Gasteiger partial charge is 0.465 e. The van der Waals surface area contributed by atoms with E-state index in [1.807, 2.05) is 30.3 Å². The number of esters is 1. The third-order valence-electron chi connectivity index (χ3n) is 5.34. The number of fused-ring (bicyclic) bond motifs is 1. The van der Waals surface area contributed by atoms with Gasteiger partial charge in [0.1, 0.15) is 6.04 Å². The van der Waals surface area contributed by atoms with Gasteiger partial charge in [-0.25, -0.2) is 9.78 Å². The lowest BCUT2D eigenvalue weighted by Gasteiger charge is -2.19. The standard InChI is InChI=1S/C22H23N3O3S/c1-28-22(27)16-10-8-15(9-11-16)13-23-20(26)14-25-12-4-6-18(25)21-24-17-5-2-3-7-19(17)29-21/h2-3,5,7-11,18H,4,6,12-14H2,1H3,(H,23,26)/p+1/t18-/m0/s1. The number of hydrogen-bond donors (Lipinski definition) is 2. The molecule has 4 rings (SSSR count). The summed E-state index contributed by atoms with van der Waals surface area (Å²) in [5, 5.41) is 4.12. The lowest BCUT2D eigenvalue weighted by molar-refractivity contribution is -0.910. The van der Waals surface area contributed by atoms with Crippen molar-refractivity contribution in [1.29, 1.82) is 0 Å². The zero-order chi connectivity index (χ0) is 20.2. The summed E-state index contributed by atoms with van der Waals surface area (Å²) in [6.45, 7) is 1.88. The van der Waals surface area contributed by atoms with Crippen LogP contribution in [-0.2, 0) is 16.1 Å². The third-order valence-corrected chi connectivity index (χ3v) is 6.49. The minimum atomic E-state index is -0.362. The Kier molecular flexibility index (Phi) is 5.87. The van der Waals surface area contributed by atoms with Crippen molar-refractivity contribution in [2.75, 3.05) is 20.2 Å². The van der Waals surface area contributed by atoms with Crippen molar-refractivity contribution >= 4 is 33.4 Å². The van der Waals surface area contributed by atoms with Crippen molar-refractivity contribution in [2.24, 2.45) is 0 Å². The third kappa shape index (κ3) is 4.46. The highest BCUT2D eigenvalue weighted by Crippen LogP contribution is 2.28. The molecule has 0 spiro atoms. The van der Waals surface area contributed by atoms with E-state index in [0.29, 0.717) is 18.7 Å². The average molecular weight is 411 g/mol. The summed E-state index contributed by atoms with van der Waals surface area (Å²) >= 11 is 1.74. The van der Waals surface area contributed by atoms with E-state index in [-0.39, 0.29) is 17.9 Å². The number of methoxy groups -OCH3 is 1. The normalized spacial score (nSPS) is 18.7. The average Bonchev–Trinajstić information content (AvgIpc) is 3.38. The van der Waals surface area contributed by atoms with Crippen LogP contribution in [0.15, 0.2) is 48.5 Å². The van der Waals surface area contributed by atoms with Crippen LogP contribution in [0.3, 0.4) is 0 Å². The molecule has 1 saturated heterocycles. The smallest absolute Gasteiger partial charge is 0.337 e. The first kappa shape index (κ1) is 19.5. The molecule has 1 unspecified atom stereocenters. The molecule has 6 nitrogen and oxygen atoms in total. The topological polar surface area (TPSA) is 72.7 Å². The van der Waals surface area contributed by atoms with E-state index in [2.05, 4.69) is 11.4 Å². The number of benzene rings is 2. The van der Waals surface area contributed by atoms with Crippen molar-refractivity contribution in [3.63, 3.8) is 0 Å². The number of thiazole rings is 1. The predicted octanol–water partition coefficient (Wildman–Crippen LogP) is 2.12. The number of rotatable bonds is 6. The van der Waals surface area contributed by atoms with Crippen LogP contribution in [0.1, 0.15) is 39.8 Å². The van der Waals surface area contributed by atoms with Crippen LogP contribution < -0.4 is 10.2 Å². The highest BCUT2D eigenvalue weighted by Gasteiger charge is 2.33. The molecule has 3 aromatic rings. The Morgan fingerprint density at radius 1 is 1.21 bits per heavy atom. The van der Waals surface area contributed by atoms with E-state index < -0.39 is 0 Å². The van der Waals surface area contributed by atoms with Crippen LogP contribution in [0.4, 0.5) is 0 Å². The van der Waals surface area contributed by atoms with Crippen LogP contribution in [0.2, 0.25) is 0 Å². The summed E-state index contributed by atoms with van der Waals surface area (Å²) in [7, 11) is 1.36. The summed E-state index contributed by atoms with van der Waals surface area (Å²) in [6, 6.07) is 15.6. The van der Waals surface area contributed by atoms with Crippen molar-refractivity contribution in [3.05, 3.63) is 64.7 Å². The molecule has 1 amide bonds. The first-order valence-corrected chi connectivity index (χ1v) is 10.6. The zero-order valence-corrected chi connectivity index (χ0v) is 17.1. The summed E-state index contributed by atoms with van der Waals surface area (Å²) in [5.41, 5.74) is 2.49. The molecule has 0 saturated carbocycles. The summed E-state index contributed by atoms with van der Waals surface area (Å²) in [4.78, 5) is 30.1. The summed E-state index contributed by atoms with van der Waals surface area (Å²) in [5.74, 6) is -0.329. The molecule has 1 aliphatic heterocycles. The van der Waals surface area contributed by atoms with E-state index >= 15 is 0 Å². The molecule has 2 atom stereocenters. The molecule has 0 aliphatic carbocycles. The second-order valence-corrected chi connectivity index (χ2v) is 8.33. The van der Waals surface area contributed by atoms with E-state index in [0.717, 1.165) is 35.5 Å². The van der Waals surface area contributed by atoms with E-state index in [1.54, 1.807) is 23.5 Å². The Morgan fingerprint density at radius 2 is 2.00 bits per heavy atom. The van der Waals surface area contributed by atoms with Crippen LogP contribution in [0.5, 0.6) is 0 Å². The fourth-order valence-corrected chi connectivity index (χ4v) is 4.97. The monoisotopic (exact) mass is 410 g/mol. The first-order chi connectivity index (χ1) is 14.1. The number of carbonyl (C=O) groups is 2. The maximum Gasteiger partial charge on any atom is 0.337 e. The molecule has 2 heterocycles. The lowest BCUT2D eigenvalue weighted by atomic mass is 10.1. The molecule has 7 heteroatoms. The molecular weight excluding hydrogens is 386 g/mol. The van der Waals surface area contributed by atoms with Gasteiger partial charge in [0.2, 0.25) is 0 Å². The van der Waals surface area contributed by atoms with Gasteiger partial charge in [0, 0.05) is 19.4 Å². The SMILES string of the molecule is COC(=O)c1ccc(CNC(=O)C[NH+]2CCC[C@H]2c2nc3ccccc3s2)cc1. The quantitative estimate of drug-likeness (QED) is 0.611. The molecule has 1 aromatic heterocycles. The molecular formula is C22H24N3O3S+. The van der Waals surface area contributed by atoms with Crippen molar-refractivity contribution in [1.82, 2.24) is 10.3 Å². The Hall–Kier alpha value is -2.77. The molecule has 0 bridgehead atoms. The summed E-state index contributed by atoms with van der Waals surface area (Å²) in [6.07, 6.45) is 2.18. The molecule has 1 fully saturated rings. The zero-order valence-electron chi connectivity index (χ0n) is 16.3. The minimum Gasteiger partial charge on any atom is -0.465 e. The molecule has 2 aromatic carbocycles. The van der Waals surface area contributed by atoms with Gasteiger partial charge in [0.15, 0.2) is 11.6 Å². The fraction of sp³-hybridized carbons (Fsp3) is 0.318. The van der Waals surface area contributed by atoms with Crippen molar-refractivity contribution in [2.45, 2.75) is 25.4 Å². The van der Waals surface area contributed by atoms with Gasteiger partial charge in [-0.05, 0) is 29.8 Å². The molecule has 150 valence electrons. The van der Waals surface area contributed by atoms with Crippen LogP contribution in [0, 0.1) is 0 Å².